The van der Waals surface area contributed by atoms with Gasteiger partial charge in [-0.15, -0.1) is 0 Å². The van der Waals surface area contributed by atoms with Crippen molar-refractivity contribution in [2.45, 2.75) is 25.9 Å². The molecular weight excluding hydrogens is 435 g/mol. The molecule has 0 aliphatic carbocycles. The zero-order valence-electron chi connectivity index (χ0n) is 19.4. The van der Waals surface area contributed by atoms with Crippen LogP contribution in [0, 0.1) is 5.82 Å². The number of rotatable bonds is 7. The average molecular weight is 465 g/mol. The number of nitrogens with zero attached hydrogens (tertiary/aromatic N) is 3. The Morgan fingerprint density at radius 1 is 1.12 bits per heavy atom. The molecular formula is C26H29FN4O3. The summed E-state index contributed by atoms with van der Waals surface area (Å²) in [6, 6.07) is 16.5. The van der Waals surface area contributed by atoms with Gasteiger partial charge in [-0.1, -0.05) is 19.1 Å². The van der Waals surface area contributed by atoms with Gasteiger partial charge in [0.25, 0.3) is 0 Å². The maximum Gasteiger partial charge on any atom is 0.322 e. The van der Waals surface area contributed by atoms with Gasteiger partial charge in [-0.25, -0.2) is 9.18 Å². The van der Waals surface area contributed by atoms with Crippen LogP contribution in [0.25, 0.3) is 0 Å². The largest absolute Gasteiger partial charge is 0.497 e. The number of hydrogen-bond acceptors (Lipinski definition) is 3. The molecule has 1 atom stereocenters. The Labute approximate surface area is 198 Å². The molecule has 1 aromatic heterocycles. The van der Waals surface area contributed by atoms with Crippen LogP contribution in [0.1, 0.15) is 30.6 Å². The third-order valence-corrected chi connectivity index (χ3v) is 5.97. The van der Waals surface area contributed by atoms with E-state index in [-0.39, 0.29) is 24.3 Å². The van der Waals surface area contributed by atoms with E-state index in [1.165, 1.54) is 17.0 Å². The molecule has 1 aliphatic heterocycles. The van der Waals surface area contributed by atoms with E-state index in [4.69, 9.17) is 4.74 Å². The molecule has 2 heterocycles. The van der Waals surface area contributed by atoms with Crippen molar-refractivity contribution >= 4 is 17.6 Å². The van der Waals surface area contributed by atoms with Crippen molar-refractivity contribution in [3.8, 4) is 5.75 Å². The first-order valence-electron chi connectivity index (χ1n) is 11.4. The van der Waals surface area contributed by atoms with Gasteiger partial charge < -0.3 is 24.4 Å². The fraction of sp³-hybridized carbons (Fsp3) is 0.308. The normalized spacial score (nSPS) is 14.9. The standard InChI is InChI=1S/C26H29FN4O3/c1-3-13-30(26(33)28-21-9-11-22(34-2)12-10-21)18-24(32)31-16-15-29-14-5-8-23(29)25(31)19-6-4-7-20(27)17-19/h4-12,14,17,25H,3,13,15-16,18H2,1-2H3,(H,28,33)/t25-/m1/s1. The molecule has 0 bridgehead atoms. The molecule has 3 aromatic rings. The summed E-state index contributed by atoms with van der Waals surface area (Å²) in [5.41, 5.74) is 2.25. The summed E-state index contributed by atoms with van der Waals surface area (Å²) < 4.78 is 21.3. The predicted molar refractivity (Wildman–Crippen MR) is 128 cm³/mol. The van der Waals surface area contributed by atoms with Gasteiger partial charge in [0.1, 0.15) is 18.1 Å². The molecule has 0 saturated carbocycles. The highest BCUT2D eigenvalue weighted by Gasteiger charge is 2.33. The maximum atomic E-state index is 14.0. The van der Waals surface area contributed by atoms with Crippen molar-refractivity contribution in [3.63, 3.8) is 0 Å². The molecule has 7 nitrogen and oxygen atoms in total. The first kappa shape index (κ1) is 23.4. The van der Waals surface area contributed by atoms with E-state index in [0.29, 0.717) is 43.1 Å². The zero-order valence-corrected chi connectivity index (χ0v) is 19.4. The fourth-order valence-electron chi connectivity index (χ4n) is 4.33. The number of nitrogens with one attached hydrogen (secondary N) is 1. The van der Waals surface area contributed by atoms with Crippen molar-refractivity contribution in [1.82, 2.24) is 14.4 Å². The summed E-state index contributed by atoms with van der Waals surface area (Å²) in [4.78, 5) is 29.8. The summed E-state index contributed by atoms with van der Waals surface area (Å²) >= 11 is 0. The van der Waals surface area contributed by atoms with E-state index in [2.05, 4.69) is 9.88 Å². The smallest absolute Gasteiger partial charge is 0.322 e. The Balaban J connectivity index is 1.53. The molecule has 178 valence electrons. The molecule has 2 aromatic carbocycles. The molecule has 1 aliphatic rings. The van der Waals surface area contributed by atoms with Crippen LogP contribution in [0.4, 0.5) is 14.9 Å². The monoisotopic (exact) mass is 464 g/mol. The molecule has 4 rings (SSSR count). The summed E-state index contributed by atoms with van der Waals surface area (Å²) in [6.07, 6.45) is 2.68. The van der Waals surface area contributed by atoms with E-state index in [9.17, 15) is 14.0 Å². The van der Waals surface area contributed by atoms with E-state index in [1.807, 2.05) is 31.3 Å². The average Bonchev–Trinajstić information content (AvgIpc) is 3.32. The molecule has 0 spiro atoms. The number of hydrogen-bond donors (Lipinski definition) is 1. The van der Waals surface area contributed by atoms with Crippen LogP contribution in [-0.4, -0.2) is 53.0 Å². The SMILES string of the molecule is CCCN(CC(=O)N1CCn2cccc2[C@H]1c1cccc(F)c1)C(=O)Nc1ccc(OC)cc1. The van der Waals surface area contributed by atoms with Crippen LogP contribution >= 0.6 is 0 Å². The van der Waals surface area contributed by atoms with E-state index in [1.54, 1.807) is 42.3 Å². The van der Waals surface area contributed by atoms with Crippen molar-refractivity contribution in [1.29, 1.82) is 0 Å². The molecule has 1 N–H and O–H groups in total. The fourth-order valence-corrected chi connectivity index (χ4v) is 4.33. The van der Waals surface area contributed by atoms with Gasteiger partial charge in [0.05, 0.1) is 13.2 Å². The van der Waals surface area contributed by atoms with Crippen molar-refractivity contribution in [3.05, 3.63) is 83.9 Å². The van der Waals surface area contributed by atoms with E-state index >= 15 is 0 Å². The van der Waals surface area contributed by atoms with Gasteiger partial charge in [0.15, 0.2) is 0 Å². The van der Waals surface area contributed by atoms with Crippen LogP contribution in [0.15, 0.2) is 66.9 Å². The Morgan fingerprint density at radius 2 is 1.91 bits per heavy atom. The van der Waals surface area contributed by atoms with Gasteiger partial charge in [-0.3, -0.25) is 4.79 Å². The number of carbonyl (C=O) groups excluding carboxylic acids is 2. The number of amides is 3. The lowest BCUT2D eigenvalue weighted by molar-refractivity contribution is -0.134. The van der Waals surface area contributed by atoms with Gasteiger partial charge >= 0.3 is 6.03 Å². The lowest BCUT2D eigenvalue weighted by Gasteiger charge is -2.38. The van der Waals surface area contributed by atoms with Crippen LogP contribution in [-0.2, 0) is 11.3 Å². The highest BCUT2D eigenvalue weighted by molar-refractivity contribution is 5.92. The highest BCUT2D eigenvalue weighted by atomic mass is 19.1. The second kappa shape index (κ2) is 10.4. The van der Waals surface area contributed by atoms with Gasteiger partial charge in [0, 0.05) is 37.2 Å². The number of fused-ring (bicyclic) bond motifs is 1. The van der Waals surface area contributed by atoms with Crippen molar-refractivity contribution in [2.75, 3.05) is 32.1 Å². The Bertz CT molecular complexity index is 1140. The number of anilines is 1. The Hall–Kier alpha value is -3.81. The number of aromatic nitrogens is 1. The Kier molecular flexibility index (Phi) is 7.15. The second-order valence-corrected chi connectivity index (χ2v) is 8.25. The summed E-state index contributed by atoms with van der Waals surface area (Å²) in [5.74, 6) is 0.164. The first-order chi connectivity index (χ1) is 16.5. The third-order valence-electron chi connectivity index (χ3n) is 5.97. The number of benzene rings is 2. The number of urea groups is 1. The lowest BCUT2D eigenvalue weighted by atomic mass is 9.99. The summed E-state index contributed by atoms with van der Waals surface area (Å²) in [5, 5.41) is 2.86. The summed E-state index contributed by atoms with van der Waals surface area (Å²) in [7, 11) is 1.58. The quantitative estimate of drug-likeness (QED) is 0.560. The number of methoxy groups -OCH3 is 1. The van der Waals surface area contributed by atoms with Crippen LogP contribution in [0.2, 0.25) is 0 Å². The molecule has 8 heteroatoms. The van der Waals surface area contributed by atoms with Crippen molar-refractivity contribution in [2.24, 2.45) is 0 Å². The molecule has 0 unspecified atom stereocenters. The molecule has 34 heavy (non-hydrogen) atoms. The van der Waals surface area contributed by atoms with E-state index < -0.39 is 6.04 Å². The van der Waals surface area contributed by atoms with E-state index in [0.717, 1.165) is 5.69 Å². The van der Waals surface area contributed by atoms with Crippen LogP contribution in [0.3, 0.4) is 0 Å². The first-order valence-corrected chi connectivity index (χ1v) is 11.4. The van der Waals surface area contributed by atoms with Gasteiger partial charge in [0.2, 0.25) is 5.91 Å². The molecule has 3 amide bonds. The second-order valence-electron chi connectivity index (χ2n) is 8.25. The molecule has 0 saturated heterocycles. The Morgan fingerprint density at radius 3 is 2.62 bits per heavy atom. The van der Waals surface area contributed by atoms with Crippen molar-refractivity contribution < 1.29 is 18.7 Å². The van der Waals surface area contributed by atoms with Gasteiger partial charge in [-0.05, 0) is 60.5 Å². The molecule has 0 radical (unpaired) electrons. The topological polar surface area (TPSA) is 66.8 Å². The minimum Gasteiger partial charge on any atom is -0.497 e. The minimum absolute atomic E-state index is 0.0671. The molecule has 0 fully saturated rings. The summed E-state index contributed by atoms with van der Waals surface area (Å²) in [6.45, 7) is 3.44. The highest BCUT2D eigenvalue weighted by Crippen LogP contribution is 2.33. The maximum absolute atomic E-state index is 14.0. The third kappa shape index (κ3) is 5.06. The van der Waals surface area contributed by atoms with Crippen LogP contribution in [0.5, 0.6) is 5.75 Å². The zero-order chi connectivity index (χ0) is 24.1. The minimum atomic E-state index is -0.417. The van der Waals surface area contributed by atoms with Gasteiger partial charge in [-0.2, -0.15) is 0 Å². The number of halogens is 1. The predicted octanol–water partition coefficient (Wildman–Crippen LogP) is 4.51. The lowest BCUT2D eigenvalue weighted by Crippen LogP contribution is -2.48. The number of carbonyl (C=O) groups is 2. The number of ether oxygens (including phenoxy) is 1. The van der Waals surface area contributed by atoms with Crippen LogP contribution < -0.4 is 10.1 Å².